The fourth-order valence-electron chi connectivity index (χ4n) is 5.46. The van der Waals surface area contributed by atoms with E-state index in [9.17, 15) is 14.4 Å². The number of primary amides is 1. The molecule has 0 radical (unpaired) electrons. The van der Waals surface area contributed by atoms with Crippen LogP contribution in [-0.2, 0) is 14.4 Å². The van der Waals surface area contributed by atoms with Crippen molar-refractivity contribution in [1.29, 1.82) is 0 Å². The second-order valence-electron chi connectivity index (χ2n) is 9.06. The van der Waals surface area contributed by atoms with E-state index in [1.54, 1.807) is 0 Å². The average molecular weight is 413 g/mol. The standard InChI is InChI=1S/C23H32N4O3/c1-16-6-7-18(17(2)14-16)27-20(28)15-19(21(27)29)25-12-8-23(9-13-25,22(24)30)26-10-4-3-5-11-26/h6-7,14,19H,3-5,8-13,15H2,1-2H3,(H2,24,30)/t19-/m1/s1. The van der Waals surface area contributed by atoms with Gasteiger partial charge in [0.15, 0.2) is 0 Å². The number of hydrogen-bond donors (Lipinski definition) is 1. The van der Waals surface area contributed by atoms with E-state index < -0.39 is 11.6 Å². The van der Waals surface area contributed by atoms with E-state index in [4.69, 9.17) is 5.73 Å². The number of benzene rings is 1. The fraction of sp³-hybridized carbons (Fsp3) is 0.609. The lowest BCUT2D eigenvalue weighted by atomic mass is 9.83. The Morgan fingerprint density at radius 1 is 1.03 bits per heavy atom. The van der Waals surface area contributed by atoms with Crippen molar-refractivity contribution in [3.63, 3.8) is 0 Å². The lowest BCUT2D eigenvalue weighted by Crippen LogP contribution is -2.64. The highest BCUT2D eigenvalue weighted by molar-refractivity contribution is 6.22. The molecule has 3 aliphatic rings. The van der Waals surface area contributed by atoms with Crippen molar-refractivity contribution in [3.05, 3.63) is 29.3 Å². The van der Waals surface area contributed by atoms with Gasteiger partial charge in [-0.3, -0.25) is 24.2 Å². The van der Waals surface area contributed by atoms with E-state index in [0.29, 0.717) is 31.6 Å². The van der Waals surface area contributed by atoms with Gasteiger partial charge in [-0.15, -0.1) is 0 Å². The topological polar surface area (TPSA) is 87.0 Å². The minimum Gasteiger partial charge on any atom is -0.368 e. The normalized spacial score (nSPS) is 25.7. The van der Waals surface area contributed by atoms with Crippen LogP contribution in [0.1, 0.15) is 49.7 Å². The number of imide groups is 1. The predicted molar refractivity (Wildman–Crippen MR) is 115 cm³/mol. The molecule has 0 aliphatic carbocycles. The second kappa shape index (κ2) is 8.12. The number of aryl methyl sites for hydroxylation is 2. The molecule has 7 heteroatoms. The Labute approximate surface area is 178 Å². The zero-order valence-corrected chi connectivity index (χ0v) is 18.0. The van der Waals surface area contributed by atoms with Gasteiger partial charge >= 0.3 is 0 Å². The van der Waals surface area contributed by atoms with Crippen LogP contribution >= 0.6 is 0 Å². The lowest BCUT2D eigenvalue weighted by molar-refractivity contribution is -0.136. The molecule has 3 amide bonds. The molecule has 1 atom stereocenters. The first-order chi connectivity index (χ1) is 14.3. The third-order valence-corrected chi connectivity index (χ3v) is 7.20. The smallest absolute Gasteiger partial charge is 0.251 e. The maximum absolute atomic E-state index is 13.2. The summed E-state index contributed by atoms with van der Waals surface area (Å²) in [5.74, 6) is -0.564. The molecule has 3 heterocycles. The number of nitrogens with zero attached hydrogens (tertiary/aromatic N) is 3. The summed E-state index contributed by atoms with van der Waals surface area (Å²) >= 11 is 0. The average Bonchev–Trinajstić information content (AvgIpc) is 3.03. The van der Waals surface area contributed by atoms with Crippen LogP contribution in [0.3, 0.4) is 0 Å². The van der Waals surface area contributed by atoms with Gasteiger partial charge in [0.25, 0.3) is 5.91 Å². The van der Waals surface area contributed by atoms with Crippen LogP contribution in [0.2, 0.25) is 0 Å². The fourth-order valence-corrected chi connectivity index (χ4v) is 5.46. The first-order valence-corrected chi connectivity index (χ1v) is 11.1. The van der Waals surface area contributed by atoms with Gasteiger partial charge in [-0.1, -0.05) is 24.1 Å². The molecule has 0 spiro atoms. The number of amides is 3. The van der Waals surface area contributed by atoms with Crippen LogP contribution in [-0.4, -0.2) is 65.3 Å². The van der Waals surface area contributed by atoms with Crippen LogP contribution in [0.4, 0.5) is 5.69 Å². The number of carbonyl (C=O) groups is 3. The Bertz CT molecular complexity index is 854. The van der Waals surface area contributed by atoms with Crippen LogP contribution in [0.5, 0.6) is 0 Å². The third-order valence-electron chi connectivity index (χ3n) is 7.20. The molecular weight excluding hydrogens is 380 g/mol. The summed E-state index contributed by atoms with van der Waals surface area (Å²) in [6, 6.07) is 5.32. The molecule has 162 valence electrons. The number of nitrogens with two attached hydrogens (primary N) is 1. The Morgan fingerprint density at radius 3 is 2.30 bits per heavy atom. The van der Waals surface area contributed by atoms with Crippen molar-refractivity contribution >= 4 is 23.4 Å². The van der Waals surface area contributed by atoms with Gasteiger partial charge in [-0.05, 0) is 64.3 Å². The van der Waals surface area contributed by atoms with E-state index in [2.05, 4.69) is 9.80 Å². The van der Waals surface area contributed by atoms with Gasteiger partial charge in [0.1, 0.15) is 5.54 Å². The lowest BCUT2D eigenvalue weighted by Gasteiger charge is -2.48. The largest absolute Gasteiger partial charge is 0.368 e. The molecule has 3 aliphatic heterocycles. The molecule has 3 fully saturated rings. The first-order valence-electron chi connectivity index (χ1n) is 11.1. The zero-order chi connectivity index (χ0) is 21.5. The summed E-state index contributed by atoms with van der Waals surface area (Å²) in [5, 5.41) is 0. The van der Waals surface area contributed by atoms with Gasteiger partial charge in [-0.2, -0.15) is 0 Å². The molecule has 30 heavy (non-hydrogen) atoms. The number of rotatable bonds is 4. The first kappa shape index (κ1) is 21.0. The summed E-state index contributed by atoms with van der Waals surface area (Å²) in [5.41, 5.74) is 7.97. The highest BCUT2D eigenvalue weighted by atomic mass is 16.2. The number of anilines is 1. The van der Waals surface area contributed by atoms with Crippen molar-refractivity contribution in [2.24, 2.45) is 5.73 Å². The van der Waals surface area contributed by atoms with E-state index in [-0.39, 0.29) is 24.1 Å². The Balaban J connectivity index is 1.49. The molecule has 1 aromatic rings. The molecule has 4 rings (SSSR count). The summed E-state index contributed by atoms with van der Waals surface area (Å²) in [7, 11) is 0. The molecular formula is C23H32N4O3. The molecule has 2 N–H and O–H groups in total. The van der Waals surface area contributed by atoms with Crippen LogP contribution in [0.15, 0.2) is 18.2 Å². The van der Waals surface area contributed by atoms with Crippen LogP contribution < -0.4 is 10.6 Å². The van der Waals surface area contributed by atoms with Crippen LogP contribution in [0, 0.1) is 13.8 Å². The summed E-state index contributed by atoms with van der Waals surface area (Å²) in [4.78, 5) is 44.1. The molecule has 0 unspecified atom stereocenters. The van der Waals surface area contributed by atoms with Crippen molar-refractivity contribution in [2.75, 3.05) is 31.1 Å². The molecule has 1 aromatic carbocycles. The molecule has 0 bridgehead atoms. The van der Waals surface area contributed by atoms with Gasteiger partial charge in [0, 0.05) is 13.1 Å². The molecule has 0 aromatic heterocycles. The SMILES string of the molecule is Cc1ccc(N2C(=O)C[C@@H](N3CCC(C(N)=O)(N4CCCCC4)CC3)C2=O)c(C)c1. The highest BCUT2D eigenvalue weighted by Crippen LogP contribution is 2.35. The summed E-state index contributed by atoms with van der Waals surface area (Å²) < 4.78 is 0. The Kier molecular flexibility index (Phi) is 5.68. The van der Waals surface area contributed by atoms with E-state index >= 15 is 0 Å². The zero-order valence-electron chi connectivity index (χ0n) is 18.0. The molecule has 0 saturated carbocycles. The minimum atomic E-state index is -0.615. The number of piperidine rings is 2. The number of likely N-dealkylation sites (tertiary alicyclic amines) is 2. The second-order valence-corrected chi connectivity index (χ2v) is 9.06. The van der Waals surface area contributed by atoms with E-state index in [1.165, 1.54) is 11.3 Å². The van der Waals surface area contributed by atoms with Crippen molar-refractivity contribution in [3.8, 4) is 0 Å². The van der Waals surface area contributed by atoms with E-state index in [0.717, 1.165) is 37.1 Å². The van der Waals surface area contributed by atoms with Crippen LogP contribution in [0.25, 0.3) is 0 Å². The van der Waals surface area contributed by atoms with Crippen molar-refractivity contribution < 1.29 is 14.4 Å². The van der Waals surface area contributed by atoms with E-state index in [1.807, 2.05) is 32.0 Å². The Morgan fingerprint density at radius 2 is 1.70 bits per heavy atom. The number of hydrogen-bond acceptors (Lipinski definition) is 5. The maximum Gasteiger partial charge on any atom is 0.251 e. The number of carbonyl (C=O) groups excluding carboxylic acids is 3. The quantitative estimate of drug-likeness (QED) is 0.762. The minimum absolute atomic E-state index is 0.153. The predicted octanol–water partition coefficient (Wildman–Crippen LogP) is 1.74. The summed E-state index contributed by atoms with van der Waals surface area (Å²) in [6.45, 7) is 6.94. The molecule has 3 saturated heterocycles. The van der Waals surface area contributed by atoms with Gasteiger partial charge in [-0.25, -0.2) is 4.90 Å². The van der Waals surface area contributed by atoms with Crippen molar-refractivity contribution in [1.82, 2.24) is 9.80 Å². The van der Waals surface area contributed by atoms with Gasteiger partial charge < -0.3 is 5.73 Å². The monoisotopic (exact) mass is 412 g/mol. The molecule has 7 nitrogen and oxygen atoms in total. The van der Waals surface area contributed by atoms with Gasteiger partial charge in [0.2, 0.25) is 11.8 Å². The van der Waals surface area contributed by atoms with Crippen molar-refractivity contribution in [2.45, 2.75) is 64.0 Å². The highest BCUT2D eigenvalue weighted by Gasteiger charge is 2.49. The maximum atomic E-state index is 13.2. The third kappa shape index (κ3) is 3.54. The Hall–Kier alpha value is -2.25. The van der Waals surface area contributed by atoms with Gasteiger partial charge in [0.05, 0.1) is 18.2 Å². The summed E-state index contributed by atoms with van der Waals surface area (Å²) in [6.07, 6.45) is 4.82.